The summed E-state index contributed by atoms with van der Waals surface area (Å²) in [6.07, 6.45) is 1.03. The van der Waals surface area contributed by atoms with Crippen LogP contribution in [0.5, 0.6) is 0 Å². The standard InChI is InChI=1S/C10H13ClN2/c1-2-13-6-5-9-8(7-13)3-4-10(11)12-9/h3-4H,2,5-7H2,1H3. The first-order chi connectivity index (χ1) is 6.29. The Hall–Kier alpha value is -0.600. The summed E-state index contributed by atoms with van der Waals surface area (Å²) < 4.78 is 0. The molecular weight excluding hydrogens is 184 g/mol. The van der Waals surface area contributed by atoms with Crippen LogP contribution in [0.15, 0.2) is 12.1 Å². The van der Waals surface area contributed by atoms with E-state index in [1.165, 1.54) is 11.3 Å². The molecule has 1 aromatic heterocycles. The zero-order chi connectivity index (χ0) is 9.26. The lowest BCUT2D eigenvalue weighted by Crippen LogP contribution is -2.30. The average molecular weight is 197 g/mol. The molecule has 0 unspecified atom stereocenters. The molecule has 0 bridgehead atoms. The normalized spacial score (nSPS) is 17.1. The molecule has 0 saturated heterocycles. The minimum atomic E-state index is 0.615. The van der Waals surface area contributed by atoms with Crippen LogP contribution in [0.4, 0.5) is 0 Å². The molecule has 0 radical (unpaired) electrons. The van der Waals surface area contributed by atoms with Crippen molar-refractivity contribution in [1.82, 2.24) is 9.88 Å². The fourth-order valence-corrected chi connectivity index (χ4v) is 1.88. The zero-order valence-electron chi connectivity index (χ0n) is 7.76. The van der Waals surface area contributed by atoms with E-state index in [1.807, 2.05) is 6.07 Å². The second-order valence-corrected chi connectivity index (χ2v) is 3.75. The third-order valence-corrected chi connectivity index (χ3v) is 2.75. The Kier molecular flexibility index (Phi) is 2.51. The predicted octanol–water partition coefficient (Wildman–Crippen LogP) is 2.11. The minimum absolute atomic E-state index is 0.615. The van der Waals surface area contributed by atoms with Crippen molar-refractivity contribution >= 4 is 11.6 Å². The first-order valence-corrected chi connectivity index (χ1v) is 5.04. The summed E-state index contributed by atoms with van der Waals surface area (Å²) in [4.78, 5) is 6.74. The molecule has 0 fully saturated rings. The smallest absolute Gasteiger partial charge is 0.129 e. The van der Waals surface area contributed by atoms with Crippen LogP contribution in [0.2, 0.25) is 5.15 Å². The van der Waals surface area contributed by atoms with Gasteiger partial charge in [0.05, 0.1) is 0 Å². The van der Waals surface area contributed by atoms with Gasteiger partial charge in [0.2, 0.25) is 0 Å². The fourth-order valence-electron chi connectivity index (χ4n) is 1.72. The van der Waals surface area contributed by atoms with Crippen LogP contribution >= 0.6 is 11.6 Å². The molecule has 2 heterocycles. The number of hydrogen-bond acceptors (Lipinski definition) is 2. The molecular formula is C10H13ClN2. The quantitative estimate of drug-likeness (QED) is 0.640. The number of rotatable bonds is 1. The molecule has 0 spiro atoms. The van der Waals surface area contributed by atoms with Crippen molar-refractivity contribution in [2.24, 2.45) is 0 Å². The molecule has 0 amide bonds. The van der Waals surface area contributed by atoms with Crippen molar-refractivity contribution in [3.8, 4) is 0 Å². The number of hydrogen-bond donors (Lipinski definition) is 0. The lowest BCUT2D eigenvalue weighted by Gasteiger charge is -2.26. The van der Waals surface area contributed by atoms with Gasteiger partial charge in [-0.2, -0.15) is 0 Å². The summed E-state index contributed by atoms with van der Waals surface area (Å²) in [6.45, 7) is 5.43. The lowest BCUT2D eigenvalue weighted by atomic mass is 10.1. The topological polar surface area (TPSA) is 16.1 Å². The van der Waals surface area contributed by atoms with Crippen molar-refractivity contribution in [3.63, 3.8) is 0 Å². The molecule has 0 aromatic carbocycles. The van der Waals surface area contributed by atoms with E-state index >= 15 is 0 Å². The van der Waals surface area contributed by atoms with Gasteiger partial charge in [0.1, 0.15) is 5.15 Å². The summed E-state index contributed by atoms with van der Waals surface area (Å²) in [7, 11) is 0. The van der Waals surface area contributed by atoms with Crippen molar-refractivity contribution in [2.75, 3.05) is 13.1 Å². The van der Waals surface area contributed by atoms with Crippen molar-refractivity contribution in [1.29, 1.82) is 0 Å². The van der Waals surface area contributed by atoms with Crippen LogP contribution in [0.25, 0.3) is 0 Å². The summed E-state index contributed by atoms with van der Waals surface area (Å²) in [5, 5.41) is 0.615. The Morgan fingerprint density at radius 1 is 1.54 bits per heavy atom. The van der Waals surface area contributed by atoms with Crippen molar-refractivity contribution in [2.45, 2.75) is 19.9 Å². The lowest BCUT2D eigenvalue weighted by molar-refractivity contribution is 0.266. The first kappa shape index (κ1) is 8.97. The van der Waals surface area contributed by atoms with E-state index < -0.39 is 0 Å². The van der Waals surface area contributed by atoms with Crippen molar-refractivity contribution < 1.29 is 0 Å². The highest BCUT2D eigenvalue weighted by atomic mass is 35.5. The van der Waals surface area contributed by atoms with E-state index in [0.717, 1.165) is 26.1 Å². The highest BCUT2D eigenvalue weighted by Crippen LogP contribution is 2.18. The van der Waals surface area contributed by atoms with Crippen LogP contribution in [-0.4, -0.2) is 23.0 Å². The molecule has 3 heteroatoms. The van der Waals surface area contributed by atoms with Gasteiger partial charge < -0.3 is 0 Å². The van der Waals surface area contributed by atoms with Crippen LogP contribution in [0.1, 0.15) is 18.2 Å². The molecule has 0 saturated carbocycles. The van der Waals surface area contributed by atoms with Gasteiger partial charge in [0.15, 0.2) is 0 Å². The third-order valence-electron chi connectivity index (χ3n) is 2.54. The molecule has 1 aliphatic heterocycles. The molecule has 1 aliphatic rings. The number of aromatic nitrogens is 1. The predicted molar refractivity (Wildman–Crippen MR) is 53.9 cm³/mol. The Morgan fingerprint density at radius 3 is 3.15 bits per heavy atom. The van der Waals surface area contributed by atoms with Gasteiger partial charge >= 0.3 is 0 Å². The summed E-state index contributed by atoms with van der Waals surface area (Å²) >= 11 is 5.82. The van der Waals surface area contributed by atoms with Gasteiger partial charge in [-0.05, 0) is 18.2 Å². The van der Waals surface area contributed by atoms with E-state index in [-0.39, 0.29) is 0 Å². The molecule has 2 rings (SSSR count). The number of nitrogens with zero attached hydrogens (tertiary/aromatic N) is 2. The maximum absolute atomic E-state index is 5.82. The van der Waals surface area contributed by atoms with Crippen LogP contribution in [0, 0.1) is 0 Å². The van der Waals surface area contributed by atoms with Gasteiger partial charge in [-0.25, -0.2) is 4.98 Å². The summed E-state index contributed by atoms with van der Waals surface area (Å²) in [6, 6.07) is 3.96. The number of pyridine rings is 1. The van der Waals surface area contributed by atoms with E-state index in [9.17, 15) is 0 Å². The number of halogens is 1. The minimum Gasteiger partial charge on any atom is -0.299 e. The maximum Gasteiger partial charge on any atom is 0.129 e. The Balaban J connectivity index is 2.26. The van der Waals surface area contributed by atoms with Gasteiger partial charge in [-0.1, -0.05) is 24.6 Å². The number of fused-ring (bicyclic) bond motifs is 1. The van der Waals surface area contributed by atoms with E-state index in [4.69, 9.17) is 11.6 Å². The van der Waals surface area contributed by atoms with E-state index in [0.29, 0.717) is 5.15 Å². The number of likely N-dealkylation sites (N-methyl/N-ethyl adjacent to an activating group) is 1. The van der Waals surface area contributed by atoms with Crippen LogP contribution in [-0.2, 0) is 13.0 Å². The van der Waals surface area contributed by atoms with Crippen molar-refractivity contribution in [3.05, 3.63) is 28.5 Å². The first-order valence-electron chi connectivity index (χ1n) is 4.66. The molecule has 70 valence electrons. The van der Waals surface area contributed by atoms with E-state index in [1.54, 1.807) is 0 Å². The second-order valence-electron chi connectivity index (χ2n) is 3.36. The Bertz CT molecular complexity index is 312. The molecule has 0 aliphatic carbocycles. The molecule has 13 heavy (non-hydrogen) atoms. The van der Waals surface area contributed by atoms with Crippen LogP contribution in [0.3, 0.4) is 0 Å². The Labute approximate surface area is 83.5 Å². The third kappa shape index (κ3) is 1.84. The fraction of sp³-hybridized carbons (Fsp3) is 0.500. The Morgan fingerprint density at radius 2 is 2.38 bits per heavy atom. The van der Waals surface area contributed by atoms with Gasteiger partial charge in [-0.3, -0.25) is 4.90 Å². The molecule has 0 atom stereocenters. The highest BCUT2D eigenvalue weighted by Gasteiger charge is 2.15. The van der Waals surface area contributed by atoms with Gasteiger partial charge in [0, 0.05) is 25.2 Å². The monoisotopic (exact) mass is 196 g/mol. The van der Waals surface area contributed by atoms with E-state index in [2.05, 4.69) is 22.9 Å². The summed E-state index contributed by atoms with van der Waals surface area (Å²) in [5.41, 5.74) is 2.51. The molecule has 2 nitrogen and oxygen atoms in total. The largest absolute Gasteiger partial charge is 0.299 e. The van der Waals surface area contributed by atoms with Gasteiger partial charge in [-0.15, -0.1) is 0 Å². The molecule has 1 aromatic rings. The highest BCUT2D eigenvalue weighted by molar-refractivity contribution is 6.29. The molecule has 0 N–H and O–H groups in total. The zero-order valence-corrected chi connectivity index (χ0v) is 8.51. The van der Waals surface area contributed by atoms with Gasteiger partial charge in [0.25, 0.3) is 0 Å². The summed E-state index contributed by atoms with van der Waals surface area (Å²) in [5.74, 6) is 0. The SMILES string of the molecule is CCN1CCc2nc(Cl)ccc2C1. The van der Waals surface area contributed by atoms with Crippen LogP contribution < -0.4 is 0 Å². The average Bonchev–Trinajstić information content (AvgIpc) is 2.17. The second kappa shape index (κ2) is 3.64. The maximum atomic E-state index is 5.82.